The highest BCUT2D eigenvalue weighted by Crippen LogP contribution is 2.49. The Kier molecular flexibility index (Phi) is 4.93. The molecule has 6 rings (SSSR count). The third-order valence-electron chi connectivity index (χ3n) is 7.54. The lowest BCUT2D eigenvalue weighted by Crippen LogP contribution is -2.53. The van der Waals surface area contributed by atoms with Crippen molar-refractivity contribution in [1.29, 1.82) is 0 Å². The number of carbonyl (C=O) groups is 2. The van der Waals surface area contributed by atoms with E-state index in [2.05, 4.69) is 10.6 Å². The Morgan fingerprint density at radius 2 is 1.81 bits per heavy atom. The SMILES string of the molecule is CCC1NC2N(C1=O)c1ccccc1C2(O)CC1C(=O)NC(=C(C)C)c2nc3ccccc3c(=O)n21. The number of rotatable bonds is 3. The van der Waals surface area contributed by atoms with Crippen LogP contribution < -0.4 is 21.1 Å². The Hall–Kier alpha value is -3.82. The minimum atomic E-state index is -1.61. The number of fused-ring (bicyclic) bond motifs is 5. The van der Waals surface area contributed by atoms with Crippen molar-refractivity contribution in [2.24, 2.45) is 0 Å². The highest BCUT2D eigenvalue weighted by atomic mass is 16.3. The van der Waals surface area contributed by atoms with E-state index in [1.807, 2.05) is 32.9 Å². The summed E-state index contributed by atoms with van der Waals surface area (Å²) >= 11 is 0. The molecule has 1 saturated heterocycles. The van der Waals surface area contributed by atoms with E-state index in [-0.39, 0.29) is 17.9 Å². The van der Waals surface area contributed by atoms with Gasteiger partial charge < -0.3 is 10.4 Å². The molecule has 9 heteroatoms. The van der Waals surface area contributed by atoms with Gasteiger partial charge >= 0.3 is 0 Å². The second-order valence-electron chi connectivity index (χ2n) is 9.89. The fraction of sp³-hybridized carbons (Fsp3) is 0.333. The largest absolute Gasteiger partial charge is 0.381 e. The molecule has 3 aromatic rings. The van der Waals surface area contributed by atoms with E-state index in [0.29, 0.717) is 40.1 Å². The van der Waals surface area contributed by atoms with E-state index in [9.17, 15) is 19.5 Å². The first-order valence-corrected chi connectivity index (χ1v) is 12.2. The van der Waals surface area contributed by atoms with Crippen molar-refractivity contribution in [2.75, 3.05) is 4.90 Å². The Morgan fingerprint density at radius 3 is 2.56 bits per heavy atom. The van der Waals surface area contributed by atoms with E-state index in [4.69, 9.17) is 4.98 Å². The number of allylic oxidation sites excluding steroid dienone is 1. The van der Waals surface area contributed by atoms with Crippen LogP contribution in [0.1, 0.15) is 51.0 Å². The highest BCUT2D eigenvalue weighted by Gasteiger charge is 2.59. The van der Waals surface area contributed by atoms with Gasteiger partial charge in [0.1, 0.15) is 17.8 Å². The summed E-state index contributed by atoms with van der Waals surface area (Å²) in [5.41, 5.74) is 1.04. The lowest BCUT2D eigenvalue weighted by atomic mass is 9.85. The van der Waals surface area contributed by atoms with Crippen LogP contribution in [0.15, 0.2) is 58.9 Å². The number of nitrogens with zero attached hydrogens (tertiary/aromatic N) is 3. The van der Waals surface area contributed by atoms with Crippen LogP contribution in [-0.2, 0) is 15.2 Å². The molecule has 0 spiro atoms. The molecule has 4 atom stereocenters. The van der Waals surface area contributed by atoms with Crippen LogP contribution in [0.5, 0.6) is 0 Å². The van der Waals surface area contributed by atoms with Crippen molar-refractivity contribution in [3.63, 3.8) is 0 Å². The minimum absolute atomic E-state index is 0.114. The van der Waals surface area contributed by atoms with Crippen molar-refractivity contribution in [3.8, 4) is 0 Å². The zero-order valence-electron chi connectivity index (χ0n) is 20.3. The summed E-state index contributed by atoms with van der Waals surface area (Å²) in [4.78, 5) is 46.8. The number of nitrogens with one attached hydrogen (secondary N) is 2. The fourth-order valence-corrected chi connectivity index (χ4v) is 5.77. The van der Waals surface area contributed by atoms with Crippen molar-refractivity contribution in [1.82, 2.24) is 20.2 Å². The quantitative estimate of drug-likeness (QED) is 0.524. The van der Waals surface area contributed by atoms with E-state index >= 15 is 0 Å². The average Bonchev–Trinajstić information content (AvgIpc) is 3.33. The average molecular weight is 486 g/mol. The van der Waals surface area contributed by atoms with Crippen LogP contribution in [0.4, 0.5) is 5.69 Å². The number of aliphatic hydroxyl groups is 1. The van der Waals surface area contributed by atoms with E-state index in [1.54, 1.807) is 41.3 Å². The number of anilines is 1. The summed E-state index contributed by atoms with van der Waals surface area (Å²) in [6, 6.07) is 12.7. The summed E-state index contributed by atoms with van der Waals surface area (Å²) in [5, 5.41) is 18.8. The highest BCUT2D eigenvalue weighted by molar-refractivity contribution is 6.03. The van der Waals surface area contributed by atoms with Gasteiger partial charge in [-0.25, -0.2) is 4.98 Å². The molecule has 0 saturated carbocycles. The first-order valence-electron chi connectivity index (χ1n) is 12.2. The van der Waals surface area contributed by atoms with Crippen LogP contribution >= 0.6 is 0 Å². The third kappa shape index (κ3) is 2.96. The molecule has 4 heterocycles. The van der Waals surface area contributed by atoms with Crippen LogP contribution in [-0.4, -0.2) is 38.7 Å². The predicted octanol–water partition coefficient (Wildman–Crippen LogP) is 2.15. The van der Waals surface area contributed by atoms with Gasteiger partial charge in [-0.05, 0) is 44.0 Å². The summed E-state index contributed by atoms with van der Waals surface area (Å²) in [7, 11) is 0. The molecule has 2 aromatic carbocycles. The van der Waals surface area contributed by atoms with Gasteiger partial charge in [-0.1, -0.05) is 37.3 Å². The smallest absolute Gasteiger partial charge is 0.262 e. The molecule has 3 N–H and O–H groups in total. The van der Waals surface area contributed by atoms with Gasteiger partial charge in [0.25, 0.3) is 5.56 Å². The summed E-state index contributed by atoms with van der Waals surface area (Å²) < 4.78 is 1.40. The number of hydrogen-bond donors (Lipinski definition) is 3. The number of hydrogen-bond acceptors (Lipinski definition) is 6. The van der Waals surface area contributed by atoms with E-state index in [1.165, 1.54) is 4.57 Å². The van der Waals surface area contributed by atoms with Crippen LogP contribution in [0, 0.1) is 0 Å². The molecule has 184 valence electrons. The zero-order chi connectivity index (χ0) is 25.4. The Labute approximate surface area is 207 Å². The molecule has 0 bridgehead atoms. The molecule has 36 heavy (non-hydrogen) atoms. The number of amides is 2. The minimum Gasteiger partial charge on any atom is -0.381 e. The second-order valence-corrected chi connectivity index (χ2v) is 9.89. The number of carbonyl (C=O) groups excluding carboxylic acids is 2. The van der Waals surface area contributed by atoms with Crippen LogP contribution in [0.3, 0.4) is 0 Å². The number of benzene rings is 2. The maximum Gasteiger partial charge on any atom is 0.262 e. The van der Waals surface area contributed by atoms with Crippen LogP contribution in [0.25, 0.3) is 16.6 Å². The lowest BCUT2D eigenvalue weighted by Gasteiger charge is -2.37. The third-order valence-corrected chi connectivity index (χ3v) is 7.54. The number of para-hydroxylation sites is 2. The van der Waals surface area contributed by atoms with Crippen molar-refractivity contribution in [3.05, 3.63) is 75.8 Å². The molecular weight excluding hydrogens is 458 g/mol. The van der Waals surface area contributed by atoms with Crippen LogP contribution in [0.2, 0.25) is 0 Å². The Bertz CT molecular complexity index is 1540. The first-order chi connectivity index (χ1) is 17.3. The molecule has 1 aromatic heterocycles. The van der Waals surface area contributed by atoms with Gasteiger partial charge in [0, 0.05) is 12.0 Å². The summed E-state index contributed by atoms with van der Waals surface area (Å²) in [6.07, 6.45) is -0.301. The first kappa shape index (κ1) is 22.6. The zero-order valence-corrected chi connectivity index (χ0v) is 20.3. The summed E-state index contributed by atoms with van der Waals surface area (Å²) in [6.45, 7) is 5.60. The van der Waals surface area contributed by atoms with Gasteiger partial charge in [-0.2, -0.15) is 0 Å². The van der Waals surface area contributed by atoms with Gasteiger partial charge in [0.15, 0.2) is 5.82 Å². The summed E-state index contributed by atoms with van der Waals surface area (Å²) in [5.74, 6) is -0.161. The topological polar surface area (TPSA) is 117 Å². The maximum absolute atomic E-state index is 13.8. The second kappa shape index (κ2) is 7.84. The maximum atomic E-state index is 13.8. The van der Waals surface area contributed by atoms with Gasteiger partial charge in [0.05, 0.1) is 28.3 Å². The van der Waals surface area contributed by atoms with E-state index in [0.717, 1.165) is 5.57 Å². The Morgan fingerprint density at radius 1 is 1.08 bits per heavy atom. The van der Waals surface area contributed by atoms with Crippen molar-refractivity contribution >= 4 is 34.1 Å². The predicted molar refractivity (Wildman–Crippen MR) is 135 cm³/mol. The molecule has 2 amide bonds. The molecular formula is C27H27N5O4. The van der Waals surface area contributed by atoms with Crippen molar-refractivity contribution < 1.29 is 14.7 Å². The molecule has 0 radical (unpaired) electrons. The van der Waals surface area contributed by atoms with Gasteiger partial charge in [0.2, 0.25) is 11.8 Å². The molecule has 1 fully saturated rings. The van der Waals surface area contributed by atoms with Gasteiger partial charge in [-0.3, -0.25) is 29.2 Å². The molecule has 0 aliphatic carbocycles. The molecule has 3 aliphatic heterocycles. The fourth-order valence-electron chi connectivity index (χ4n) is 5.77. The Balaban J connectivity index is 1.54. The van der Waals surface area contributed by atoms with Gasteiger partial charge in [-0.15, -0.1) is 0 Å². The monoisotopic (exact) mass is 485 g/mol. The molecule has 3 aliphatic rings. The standard InChI is InChI=1S/C27H27N5O4/c1-4-17-25(35)32-19-12-8-6-10-16(19)27(36,26(32)29-17)13-20-23(33)30-21(14(2)3)22-28-18-11-7-5-9-15(18)24(34)31(20)22/h5-12,17,20,26,29,36H,4,13H2,1-3H3,(H,30,33). The lowest BCUT2D eigenvalue weighted by molar-refractivity contribution is -0.126. The normalized spacial score (nSPS) is 26.6. The molecule has 9 nitrogen and oxygen atoms in total. The van der Waals surface area contributed by atoms with Crippen molar-refractivity contribution in [2.45, 2.75) is 57.5 Å². The van der Waals surface area contributed by atoms with E-state index < -0.39 is 29.8 Å². The number of aromatic nitrogens is 2. The molecule has 4 unspecified atom stereocenters.